The van der Waals surface area contributed by atoms with Crippen molar-refractivity contribution >= 4 is 23.6 Å². The molecule has 0 saturated carbocycles. The summed E-state index contributed by atoms with van der Waals surface area (Å²) in [7, 11) is 1.59. The van der Waals surface area contributed by atoms with E-state index in [1.165, 1.54) is 0 Å². The van der Waals surface area contributed by atoms with Gasteiger partial charge in [0.2, 0.25) is 5.91 Å². The second-order valence-electron chi connectivity index (χ2n) is 4.78. The van der Waals surface area contributed by atoms with Gasteiger partial charge in [-0.1, -0.05) is 18.2 Å². The Morgan fingerprint density at radius 2 is 2.30 bits per heavy atom. The Hall–Kier alpha value is -1.53. The highest BCUT2D eigenvalue weighted by molar-refractivity contribution is 7.99. The van der Waals surface area contributed by atoms with Gasteiger partial charge in [0.1, 0.15) is 11.4 Å². The van der Waals surface area contributed by atoms with E-state index in [2.05, 4.69) is 5.32 Å². The zero-order chi connectivity index (χ0) is 14.1. The minimum atomic E-state index is -0.387. The van der Waals surface area contributed by atoms with Crippen molar-refractivity contribution in [3.63, 3.8) is 0 Å². The second-order valence-corrected chi connectivity index (χ2v) is 5.90. The van der Waals surface area contributed by atoms with Gasteiger partial charge in [0.15, 0.2) is 0 Å². The average molecular weight is 292 g/mol. The maximum atomic E-state index is 12.4. The number of ether oxygens (including phenoxy) is 1. The number of hydrogen-bond donors (Lipinski definition) is 1. The normalized spacial score (nSPS) is 23.6. The average Bonchev–Trinajstić information content (AvgIpc) is 3.01. The van der Waals surface area contributed by atoms with Crippen LogP contribution >= 0.6 is 11.8 Å². The lowest BCUT2D eigenvalue weighted by Crippen LogP contribution is -2.46. The van der Waals surface area contributed by atoms with Crippen molar-refractivity contribution in [3.05, 3.63) is 35.4 Å². The van der Waals surface area contributed by atoms with Crippen molar-refractivity contribution in [1.29, 1.82) is 0 Å². The summed E-state index contributed by atoms with van der Waals surface area (Å²) in [5.41, 5.74) is 1.74. The van der Waals surface area contributed by atoms with Crippen molar-refractivity contribution < 1.29 is 14.3 Å². The molecule has 6 heteroatoms. The van der Waals surface area contributed by atoms with Gasteiger partial charge in [0.25, 0.3) is 5.91 Å². The van der Waals surface area contributed by atoms with Crippen molar-refractivity contribution in [2.75, 3.05) is 26.0 Å². The van der Waals surface area contributed by atoms with Gasteiger partial charge >= 0.3 is 0 Å². The Morgan fingerprint density at radius 3 is 3.10 bits per heavy atom. The molecule has 2 atom stereocenters. The van der Waals surface area contributed by atoms with Gasteiger partial charge in [-0.05, 0) is 11.6 Å². The van der Waals surface area contributed by atoms with Gasteiger partial charge in [-0.3, -0.25) is 9.59 Å². The molecule has 3 rings (SSSR count). The molecule has 2 aliphatic heterocycles. The minimum absolute atomic E-state index is 0.0168. The highest BCUT2D eigenvalue weighted by Crippen LogP contribution is 2.47. The van der Waals surface area contributed by atoms with E-state index >= 15 is 0 Å². The summed E-state index contributed by atoms with van der Waals surface area (Å²) >= 11 is 1.65. The first kappa shape index (κ1) is 13.5. The van der Waals surface area contributed by atoms with Crippen LogP contribution in [0.1, 0.15) is 21.3 Å². The maximum absolute atomic E-state index is 12.4. The van der Waals surface area contributed by atoms with E-state index in [9.17, 15) is 9.59 Å². The highest BCUT2D eigenvalue weighted by Gasteiger charge is 2.48. The number of benzene rings is 1. The maximum Gasteiger partial charge on any atom is 0.256 e. The van der Waals surface area contributed by atoms with Crippen LogP contribution in [0.4, 0.5) is 0 Å². The molecule has 1 fully saturated rings. The van der Waals surface area contributed by atoms with Crippen molar-refractivity contribution in [2.45, 2.75) is 11.4 Å². The predicted molar refractivity (Wildman–Crippen MR) is 76.5 cm³/mol. The zero-order valence-corrected chi connectivity index (χ0v) is 12.0. The Balaban J connectivity index is 1.76. The van der Waals surface area contributed by atoms with Crippen molar-refractivity contribution in [1.82, 2.24) is 10.2 Å². The summed E-state index contributed by atoms with van der Waals surface area (Å²) < 4.78 is 4.91. The monoisotopic (exact) mass is 292 g/mol. The van der Waals surface area contributed by atoms with E-state index < -0.39 is 0 Å². The molecular formula is C14H16N2O3S. The van der Waals surface area contributed by atoms with Crippen LogP contribution in [-0.4, -0.2) is 48.8 Å². The predicted octanol–water partition coefficient (Wildman–Crippen LogP) is 1.02. The molecule has 1 N–H and O–H groups in total. The fraction of sp³-hybridized carbons (Fsp3) is 0.429. The number of carbonyl (C=O) groups excluding carboxylic acids is 2. The molecule has 1 unspecified atom stereocenters. The fourth-order valence-corrected chi connectivity index (χ4v) is 4.10. The third-order valence-electron chi connectivity index (χ3n) is 3.60. The fourth-order valence-electron chi connectivity index (χ4n) is 2.64. The number of rotatable bonds is 4. The second kappa shape index (κ2) is 5.46. The van der Waals surface area contributed by atoms with Crippen LogP contribution in [0.15, 0.2) is 24.3 Å². The molecule has 0 bridgehead atoms. The lowest BCUT2D eigenvalue weighted by Gasteiger charge is -2.22. The Kier molecular flexibility index (Phi) is 3.67. The number of thioether (sulfide) groups is 1. The van der Waals surface area contributed by atoms with Gasteiger partial charge in [-0.15, -0.1) is 11.8 Å². The van der Waals surface area contributed by atoms with Gasteiger partial charge in [-0.2, -0.15) is 0 Å². The van der Waals surface area contributed by atoms with Crippen molar-refractivity contribution in [3.8, 4) is 0 Å². The van der Waals surface area contributed by atoms with Crippen LogP contribution in [0.25, 0.3) is 0 Å². The number of fused-ring (bicyclic) bond motifs is 3. The van der Waals surface area contributed by atoms with Crippen LogP contribution in [0.5, 0.6) is 0 Å². The molecule has 2 heterocycles. The minimum Gasteiger partial charge on any atom is -0.383 e. The molecule has 0 radical (unpaired) electrons. The standard InChI is InChI=1S/C14H16N2O3S/c1-19-7-6-15-12(17)11-8-20-14-10-5-3-2-4-9(10)13(18)16(11)14/h2-5,11,14H,6-8H2,1H3,(H,15,17)/t11-,14?/m0/s1. The van der Waals surface area contributed by atoms with Gasteiger partial charge in [0, 0.05) is 25.0 Å². The summed E-state index contributed by atoms with van der Waals surface area (Å²) in [4.78, 5) is 26.3. The molecule has 5 nitrogen and oxygen atoms in total. The Labute approximate surface area is 121 Å². The van der Waals surface area contributed by atoms with Gasteiger partial charge < -0.3 is 15.0 Å². The smallest absolute Gasteiger partial charge is 0.256 e. The SMILES string of the molecule is COCCNC(=O)[C@@H]1CSC2c3ccccc3C(=O)N21. The summed E-state index contributed by atoms with van der Waals surface area (Å²) in [6.45, 7) is 0.944. The molecular weight excluding hydrogens is 276 g/mol. The molecule has 0 spiro atoms. The molecule has 2 aliphatic rings. The molecule has 1 saturated heterocycles. The lowest BCUT2D eigenvalue weighted by molar-refractivity contribution is -0.124. The highest BCUT2D eigenvalue weighted by atomic mass is 32.2. The third kappa shape index (κ3) is 2.09. The van der Waals surface area contributed by atoms with Gasteiger partial charge in [0.05, 0.1) is 6.61 Å². The lowest BCUT2D eigenvalue weighted by atomic mass is 10.1. The molecule has 1 aromatic rings. The van der Waals surface area contributed by atoms with E-state index in [1.54, 1.807) is 23.8 Å². The van der Waals surface area contributed by atoms with E-state index in [0.717, 1.165) is 11.1 Å². The first-order valence-corrected chi connectivity index (χ1v) is 7.58. The number of carbonyl (C=O) groups is 2. The summed E-state index contributed by atoms with van der Waals surface area (Å²) in [5.74, 6) is 0.504. The molecule has 2 amide bonds. The Morgan fingerprint density at radius 1 is 1.50 bits per heavy atom. The number of hydrogen-bond acceptors (Lipinski definition) is 4. The summed E-state index contributed by atoms with van der Waals surface area (Å²) in [6, 6.07) is 7.20. The summed E-state index contributed by atoms with van der Waals surface area (Å²) in [6.07, 6.45) is 0. The van der Waals surface area contributed by atoms with E-state index in [0.29, 0.717) is 18.9 Å². The molecule has 106 valence electrons. The number of nitrogens with one attached hydrogen (secondary N) is 1. The first-order valence-electron chi connectivity index (χ1n) is 6.54. The first-order chi connectivity index (χ1) is 9.74. The van der Waals surface area contributed by atoms with Crippen molar-refractivity contribution in [2.24, 2.45) is 0 Å². The zero-order valence-electron chi connectivity index (χ0n) is 11.2. The van der Waals surface area contributed by atoms with Crippen LogP contribution < -0.4 is 5.32 Å². The quantitative estimate of drug-likeness (QED) is 0.842. The number of nitrogens with zero attached hydrogens (tertiary/aromatic N) is 1. The molecule has 1 aromatic carbocycles. The summed E-state index contributed by atoms with van der Waals surface area (Å²) in [5, 5.41) is 2.80. The Bertz CT molecular complexity index is 549. The number of amides is 2. The number of methoxy groups -OCH3 is 1. The van der Waals surface area contributed by atoms with E-state index in [-0.39, 0.29) is 23.2 Å². The van der Waals surface area contributed by atoms with Gasteiger partial charge in [-0.25, -0.2) is 0 Å². The molecule has 0 aromatic heterocycles. The van der Waals surface area contributed by atoms with Crippen LogP contribution in [-0.2, 0) is 9.53 Å². The van der Waals surface area contributed by atoms with E-state index in [1.807, 2.05) is 24.3 Å². The topological polar surface area (TPSA) is 58.6 Å². The van der Waals surface area contributed by atoms with E-state index in [4.69, 9.17) is 4.74 Å². The van der Waals surface area contributed by atoms with Crippen LogP contribution in [0, 0.1) is 0 Å². The van der Waals surface area contributed by atoms with Crippen LogP contribution in [0.2, 0.25) is 0 Å². The largest absolute Gasteiger partial charge is 0.383 e. The van der Waals surface area contributed by atoms with Crippen LogP contribution in [0.3, 0.4) is 0 Å². The molecule has 20 heavy (non-hydrogen) atoms. The third-order valence-corrected chi connectivity index (χ3v) is 4.91. The molecule has 0 aliphatic carbocycles.